The van der Waals surface area contributed by atoms with Gasteiger partial charge in [-0.05, 0) is 36.2 Å². The van der Waals surface area contributed by atoms with E-state index in [1.165, 1.54) is 28.4 Å². The zero-order valence-corrected chi connectivity index (χ0v) is 23.9. The molecule has 0 aliphatic rings. The van der Waals surface area contributed by atoms with E-state index in [9.17, 15) is 8.42 Å². The van der Waals surface area contributed by atoms with Crippen LogP contribution >= 0.6 is 11.6 Å². The molecule has 210 valence electrons. The topological polar surface area (TPSA) is 118 Å². The summed E-state index contributed by atoms with van der Waals surface area (Å²) in [6, 6.07) is 19.4. The number of rotatable bonds is 12. The van der Waals surface area contributed by atoms with Gasteiger partial charge in [-0.25, -0.2) is 18.4 Å². The second-order valence-electron chi connectivity index (χ2n) is 8.34. The number of aryl methyl sites for hydroxylation is 1. The van der Waals surface area contributed by atoms with Gasteiger partial charge in [-0.1, -0.05) is 54.1 Å². The summed E-state index contributed by atoms with van der Waals surface area (Å²) in [6.07, 6.45) is 0.289. The Bertz CT molecular complexity index is 1560. The molecule has 4 aromatic rings. The van der Waals surface area contributed by atoms with Crippen molar-refractivity contribution in [1.82, 2.24) is 9.97 Å². The van der Waals surface area contributed by atoms with Gasteiger partial charge in [0, 0.05) is 5.56 Å². The summed E-state index contributed by atoms with van der Waals surface area (Å²) in [5.74, 6) is 1.44. The minimum Gasteiger partial charge on any atom is -0.493 e. The molecule has 0 saturated heterocycles. The lowest BCUT2D eigenvalue weighted by atomic mass is 10.1. The summed E-state index contributed by atoms with van der Waals surface area (Å²) in [4.78, 5) is 8.89. The maximum atomic E-state index is 13.2. The van der Waals surface area contributed by atoms with E-state index >= 15 is 0 Å². The molecule has 10 nitrogen and oxygen atoms in total. The van der Waals surface area contributed by atoms with Crippen LogP contribution in [0.25, 0.3) is 11.4 Å². The fourth-order valence-corrected chi connectivity index (χ4v) is 5.08. The molecule has 0 saturated carbocycles. The van der Waals surface area contributed by atoms with Crippen LogP contribution in [0, 0.1) is 0 Å². The van der Waals surface area contributed by atoms with Gasteiger partial charge in [0.1, 0.15) is 0 Å². The summed E-state index contributed by atoms with van der Waals surface area (Å²) in [5, 5.41) is -0.134. The highest BCUT2D eigenvalue weighted by atomic mass is 35.5. The number of hydrogen-bond donors (Lipinski definition) is 1. The Balaban J connectivity index is 1.79. The van der Waals surface area contributed by atoms with Crippen molar-refractivity contribution in [1.29, 1.82) is 0 Å². The lowest BCUT2D eigenvalue weighted by Crippen LogP contribution is -2.20. The van der Waals surface area contributed by atoms with E-state index in [1.807, 2.05) is 30.3 Å². The van der Waals surface area contributed by atoms with Crippen molar-refractivity contribution in [2.24, 2.45) is 0 Å². The number of nitrogens with zero attached hydrogens (tertiary/aromatic N) is 2. The number of anilines is 1. The molecular formula is C28H28ClN3O7S. The first-order valence-electron chi connectivity index (χ1n) is 12.0. The molecule has 0 atom stereocenters. The number of ether oxygens (including phenoxy) is 5. The molecule has 4 rings (SSSR count). The van der Waals surface area contributed by atoms with Crippen LogP contribution in [-0.4, -0.2) is 52.6 Å². The predicted octanol–water partition coefficient (Wildman–Crippen LogP) is 5.61. The Kier molecular flexibility index (Phi) is 9.18. The number of sulfonamides is 1. The third kappa shape index (κ3) is 6.67. The molecule has 0 radical (unpaired) electrons. The third-order valence-electron chi connectivity index (χ3n) is 5.78. The van der Waals surface area contributed by atoms with Gasteiger partial charge in [0.25, 0.3) is 0 Å². The van der Waals surface area contributed by atoms with Crippen LogP contribution in [0.1, 0.15) is 5.56 Å². The van der Waals surface area contributed by atoms with E-state index in [2.05, 4.69) is 14.7 Å². The SMILES string of the molecule is COc1ccccc1Oc1c(Cl)nc(-c2cc(OC)c(OC)c(OC)c2)nc1NS(=O)(=O)CCc1ccccc1. The molecule has 0 aliphatic carbocycles. The highest BCUT2D eigenvalue weighted by molar-refractivity contribution is 7.92. The lowest BCUT2D eigenvalue weighted by molar-refractivity contribution is 0.324. The summed E-state index contributed by atoms with van der Waals surface area (Å²) < 4.78 is 56.6. The van der Waals surface area contributed by atoms with Gasteiger partial charge in [0.15, 0.2) is 39.8 Å². The van der Waals surface area contributed by atoms with Crippen LogP contribution in [0.2, 0.25) is 5.15 Å². The molecule has 12 heteroatoms. The van der Waals surface area contributed by atoms with E-state index in [0.29, 0.717) is 34.3 Å². The maximum Gasteiger partial charge on any atom is 0.234 e. The number of aromatic nitrogens is 2. The zero-order chi connectivity index (χ0) is 28.7. The highest BCUT2D eigenvalue weighted by Gasteiger charge is 2.24. The summed E-state index contributed by atoms with van der Waals surface area (Å²) in [5.41, 5.74) is 1.31. The van der Waals surface area contributed by atoms with Crippen LogP contribution in [0.4, 0.5) is 5.82 Å². The predicted molar refractivity (Wildman–Crippen MR) is 153 cm³/mol. The van der Waals surface area contributed by atoms with Crippen LogP contribution in [0.3, 0.4) is 0 Å². The Hall–Kier alpha value is -4.22. The summed E-state index contributed by atoms with van der Waals surface area (Å²) in [6.45, 7) is 0. The summed E-state index contributed by atoms with van der Waals surface area (Å²) >= 11 is 6.60. The first-order valence-corrected chi connectivity index (χ1v) is 14.0. The number of halogens is 1. The zero-order valence-electron chi connectivity index (χ0n) is 22.3. The molecule has 0 bridgehead atoms. The van der Waals surface area contributed by atoms with Crippen molar-refractivity contribution in [3.8, 4) is 45.9 Å². The van der Waals surface area contributed by atoms with Gasteiger partial charge in [0.2, 0.25) is 21.5 Å². The molecule has 0 unspecified atom stereocenters. The average molecular weight is 586 g/mol. The smallest absolute Gasteiger partial charge is 0.234 e. The number of para-hydroxylation sites is 2. The maximum absolute atomic E-state index is 13.2. The minimum absolute atomic E-state index is 0.0920. The molecule has 1 heterocycles. The van der Waals surface area contributed by atoms with Crippen LogP contribution in [0.5, 0.6) is 34.5 Å². The number of hydrogen-bond acceptors (Lipinski definition) is 9. The first kappa shape index (κ1) is 28.8. The van der Waals surface area contributed by atoms with E-state index in [1.54, 1.807) is 36.4 Å². The number of nitrogens with one attached hydrogen (secondary N) is 1. The number of benzene rings is 3. The fraction of sp³-hybridized carbons (Fsp3) is 0.214. The van der Waals surface area contributed by atoms with Gasteiger partial charge in [-0.3, -0.25) is 4.72 Å². The van der Waals surface area contributed by atoms with Crippen molar-refractivity contribution in [3.63, 3.8) is 0 Å². The van der Waals surface area contributed by atoms with Crippen molar-refractivity contribution in [2.45, 2.75) is 6.42 Å². The van der Waals surface area contributed by atoms with Crippen LogP contribution in [-0.2, 0) is 16.4 Å². The molecular weight excluding hydrogens is 558 g/mol. The largest absolute Gasteiger partial charge is 0.493 e. The second kappa shape index (κ2) is 12.8. The molecule has 1 N–H and O–H groups in total. The lowest BCUT2D eigenvalue weighted by Gasteiger charge is -2.17. The van der Waals surface area contributed by atoms with Crippen molar-refractivity contribution >= 4 is 27.4 Å². The second-order valence-corrected chi connectivity index (χ2v) is 10.5. The van der Waals surface area contributed by atoms with Gasteiger partial charge in [-0.15, -0.1) is 0 Å². The minimum atomic E-state index is -3.89. The van der Waals surface area contributed by atoms with Gasteiger partial charge >= 0.3 is 0 Å². The molecule has 1 aromatic heterocycles. The van der Waals surface area contributed by atoms with Gasteiger partial charge < -0.3 is 23.7 Å². The van der Waals surface area contributed by atoms with Crippen LogP contribution in [0.15, 0.2) is 66.7 Å². The normalized spacial score (nSPS) is 11.0. The van der Waals surface area contributed by atoms with Crippen molar-refractivity contribution in [3.05, 3.63) is 77.4 Å². The third-order valence-corrected chi connectivity index (χ3v) is 7.28. The number of methoxy groups -OCH3 is 4. The molecule has 3 aromatic carbocycles. The monoisotopic (exact) mass is 585 g/mol. The Morgan fingerprint density at radius 3 is 1.95 bits per heavy atom. The van der Waals surface area contributed by atoms with E-state index < -0.39 is 10.0 Å². The van der Waals surface area contributed by atoms with E-state index in [-0.39, 0.29) is 34.7 Å². The Morgan fingerprint density at radius 2 is 1.35 bits per heavy atom. The standard InChI is InChI=1S/C28H28ClN3O7S/c1-35-20-12-8-9-13-21(20)39-25-26(29)30-27(19-16-22(36-2)24(38-4)23(17-19)37-3)31-28(25)32-40(33,34)15-14-18-10-6-5-7-11-18/h5-13,16-17H,14-15H2,1-4H3,(H,30,31,32). The van der Waals surface area contributed by atoms with E-state index in [0.717, 1.165) is 5.56 Å². The Morgan fingerprint density at radius 1 is 0.750 bits per heavy atom. The first-order chi connectivity index (χ1) is 19.3. The molecule has 0 fully saturated rings. The van der Waals surface area contributed by atoms with Crippen LogP contribution < -0.4 is 28.4 Å². The van der Waals surface area contributed by atoms with Gasteiger partial charge in [-0.2, -0.15) is 0 Å². The summed E-state index contributed by atoms with van der Waals surface area (Å²) in [7, 11) is 2.03. The van der Waals surface area contributed by atoms with Crippen molar-refractivity contribution in [2.75, 3.05) is 38.9 Å². The average Bonchev–Trinajstić information content (AvgIpc) is 2.97. The van der Waals surface area contributed by atoms with E-state index in [4.69, 9.17) is 35.3 Å². The van der Waals surface area contributed by atoms with Gasteiger partial charge in [0.05, 0.1) is 34.2 Å². The molecule has 40 heavy (non-hydrogen) atoms. The van der Waals surface area contributed by atoms with Crippen molar-refractivity contribution < 1.29 is 32.1 Å². The highest BCUT2D eigenvalue weighted by Crippen LogP contribution is 2.43. The Labute approximate surface area is 237 Å². The molecule has 0 amide bonds. The molecule has 0 aliphatic heterocycles. The quantitative estimate of drug-likeness (QED) is 0.212. The molecule has 0 spiro atoms. The fourth-order valence-electron chi connectivity index (χ4n) is 3.83.